The Kier molecular flexibility index (Phi) is 9.88. The summed E-state index contributed by atoms with van der Waals surface area (Å²) in [6.07, 6.45) is -1.46. The zero-order chi connectivity index (χ0) is 29.6. The number of aliphatic hydroxyl groups is 1. The second kappa shape index (κ2) is 13.2. The van der Waals surface area contributed by atoms with Crippen LogP contribution in [0.3, 0.4) is 0 Å². The largest absolute Gasteiger partial charge is 0.481 e. The Balaban J connectivity index is 1.32. The van der Waals surface area contributed by atoms with Crippen molar-refractivity contribution in [2.24, 2.45) is 0 Å². The third-order valence-corrected chi connectivity index (χ3v) is 7.75. The van der Waals surface area contributed by atoms with E-state index < -0.39 is 29.2 Å². The Bertz CT molecular complexity index is 1200. The molecular weight excluding hydrogens is 541 g/mol. The van der Waals surface area contributed by atoms with Gasteiger partial charge in [0.2, 0.25) is 11.8 Å². The van der Waals surface area contributed by atoms with Gasteiger partial charge in [0.15, 0.2) is 0 Å². The lowest BCUT2D eigenvalue weighted by atomic mass is 9.79. The first-order valence-electron chi connectivity index (χ1n) is 13.9. The summed E-state index contributed by atoms with van der Waals surface area (Å²) in [5.41, 5.74) is -1.55. The number of rotatable bonds is 10. The van der Waals surface area contributed by atoms with E-state index in [0.29, 0.717) is 44.1 Å². The van der Waals surface area contributed by atoms with E-state index in [1.807, 2.05) is 19.1 Å². The topological polar surface area (TPSA) is 113 Å². The molecule has 2 atom stereocenters. The van der Waals surface area contributed by atoms with Gasteiger partial charge < -0.3 is 25.2 Å². The van der Waals surface area contributed by atoms with Crippen molar-refractivity contribution in [2.75, 3.05) is 33.4 Å². The highest BCUT2D eigenvalue weighted by Gasteiger charge is 2.42. The van der Waals surface area contributed by atoms with E-state index in [-0.39, 0.29) is 30.3 Å². The normalized spacial score (nSPS) is 25.1. The van der Waals surface area contributed by atoms with Crippen LogP contribution in [0.25, 0.3) is 0 Å². The number of likely N-dealkylation sites (tertiary alicyclic amines) is 1. The summed E-state index contributed by atoms with van der Waals surface area (Å²) in [6, 6.07) is 9.30. The molecule has 1 aromatic heterocycles. The molecule has 1 saturated heterocycles. The Hall–Kier alpha value is -3.22. The molecule has 1 aromatic carbocycles. The molecular formula is C29H37F3N4O5. The van der Waals surface area contributed by atoms with Crippen molar-refractivity contribution in [2.45, 2.75) is 69.0 Å². The summed E-state index contributed by atoms with van der Waals surface area (Å²) in [7, 11) is 1.54. The molecule has 1 aliphatic heterocycles. The molecule has 2 aliphatic rings. The van der Waals surface area contributed by atoms with E-state index in [1.165, 1.54) is 13.2 Å². The number of benzene rings is 1. The van der Waals surface area contributed by atoms with Gasteiger partial charge in [0.05, 0.1) is 37.1 Å². The van der Waals surface area contributed by atoms with Crippen molar-refractivity contribution in [3.63, 3.8) is 0 Å². The van der Waals surface area contributed by atoms with Gasteiger partial charge in [-0.15, -0.1) is 0 Å². The molecule has 4 rings (SSSR count). The van der Waals surface area contributed by atoms with Gasteiger partial charge in [-0.05, 0) is 56.4 Å². The second-order valence-electron chi connectivity index (χ2n) is 10.6. The number of alkyl halides is 3. The molecule has 9 nitrogen and oxygen atoms in total. The number of pyridine rings is 1. The number of aromatic nitrogens is 1. The molecule has 224 valence electrons. The van der Waals surface area contributed by atoms with Crippen LogP contribution in [0.4, 0.5) is 13.2 Å². The van der Waals surface area contributed by atoms with Gasteiger partial charge in [-0.3, -0.25) is 14.5 Å². The second-order valence-corrected chi connectivity index (χ2v) is 10.6. The molecule has 1 aliphatic carbocycles. The van der Waals surface area contributed by atoms with Gasteiger partial charge in [0.25, 0.3) is 5.91 Å². The Morgan fingerprint density at radius 2 is 1.88 bits per heavy atom. The molecule has 2 amide bonds. The maximum Gasteiger partial charge on any atom is 0.416 e. The average molecular weight is 579 g/mol. The molecule has 41 heavy (non-hydrogen) atoms. The Morgan fingerprint density at radius 1 is 1.15 bits per heavy atom. The zero-order valence-electron chi connectivity index (χ0n) is 23.2. The Labute approximate surface area is 237 Å². The number of hydrogen-bond acceptors (Lipinski definition) is 7. The molecule has 3 N–H and O–H groups in total. The summed E-state index contributed by atoms with van der Waals surface area (Å²) in [6.45, 7) is 3.31. The number of halogens is 3. The van der Waals surface area contributed by atoms with Crippen LogP contribution in [0.2, 0.25) is 0 Å². The van der Waals surface area contributed by atoms with Crippen molar-refractivity contribution < 1.29 is 37.3 Å². The molecule has 12 heteroatoms. The van der Waals surface area contributed by atoms with Gasteiger partial charge in [0.1, 0.15) is 5.60 Å². The van der Waals surface area contributed by atoms with Crippen LogP contribution < -0.4 is 15.4 Å². The number of carbonyl (C=O) groups is 2. The average Bonchev–Trinajstić information content (AvgIpc) is 3.36. The van der Waals surface area contributed by atoms with E-state index >= 15 is 0 Å². The lowest BCUT2D eigenvalue weighted by molar-refractivity contribution is -0.137. The van der Waals surface area contributed by atoms with Gasteiger partial charge in [-0.1, -0.05) is 19.1 Å². The summed E-state index contributed by atoms with van der Waals surface area (Å²) in [5, 5.41) is 16.6. The van der Waals surface area contributed by atoms with Gasteiger partial charge in [-0.25, -0.2) is 4.98 Å². The fourth-order valence-electron chi connectivity index (χ4n) is 5.52. The standard InChI is InChI=1S/C29H37F3N4O5/c1-3-14-41-23-18-36(21-10-12-28(39,13-11-21)24-8-5-9-26(35-24)40-2)17-22(23)34-25(37)16-33-27(38)19-6-4-7-20(15-19)29(30,31)32/h4-9,15,21-23,39H,3,10-14,16-18H2,1-2H3,(H,33,38)(H,34,37)/t21?,22-,23-,28?/m0/s1. The predicted octanol–water partition coefficient (Wildman–Crippen LogP) is 3.26. The minimum Gasteiger partial charge on any atom is -0.481 e. The minimum absolute atomic E-state index is 0.176. The molecule has 0 spiro atoms. The first-order chi connectivity index (χ1) is 19.5. The fraction of sp³-hybridized carbons (Fsp3) is 0.552. The number of hydrogen-bond donors (Lipinski definition) is 3. The number of carbonyl (C=O) groups excluding carboxylic acids is 2. The van der Waals surface area contributed by atoms with Crippen LogP contribution >= 0.6 is 0 Å². The SMILES string of the molecule is CCCO[C@H]1CN(C2CCC(O)(c3cccc(OC)n3)CC2)C[C@@H]1NC(=O)CNC(=O)c1cccc(C(F)(F)F)c1. The molecule has 2 aromatic rings. The molecule has 0 radical (unpaired) electrons. The maximum atomic E-state index is 13.0. The Morgan fingerprint density at radius 3 is 2.56 bits per heavy atom. The predicted molar refractivity (Wildman–Crippen MR) is 144 cm³/mol. The van der Waals surface area contributed by atoms with Crippen LogP contribution in [-0.2, 0) is 21.3 Å². The quantitative estimate of drug-likeness (QED) is 0.397. The number of methoxy groups -OCH3 is 1. The first kappa shape index (κ1) is 30.7. The molecule has 2 heterocycles. The highest BCUT2D eigenvalue weighted by molar-refractivity contribution is 5.96. The lowest BCUT2D eigenvalue weighted by Crippen LogP contribution is -2.48. The smallest absolute Gasteiger partial charge is 0.416 e. The third-order valence-electron chi connectivity index (χ3n) is 7.75. The summed E-state index contributed by atoms with van der Waals surface area (Å²) < 4.78 is 50.2. The number of ether oxygens (including phenoxy) is 2. The summed E-state index contributed by atoms with van der Waals surface area (Å²) in [4.78, 5) is 31.8. The number of nitrogens with zero attached hydrogens (tertiary/aromatic N) is 2. The van der Waals surface area contributed by atoms with E-state index in [4.69, 9.17) is 9.47 Å². The molecule has 1 saturated carbocycles. The molecule has 0 unspecified atom stereocenters. The maximum absolute atomic E-state index is 13.0. The van der Waals surface area contributed by atoms with Crippen LogP contribution in [0.15, 0.2) is 42.5 Å². The van der Waals surface area contributed by atoms with Crippen LogP contribution in [0.5, 0.6) is 5.88 Å². The lowest BCUT2D eigenvalue weighted by Gasteiger charge is -2.39. The van der Waals surface area contributed by atoms with Crippen molar-refractivity contribution in [1.29, 1.82) is 0 Å². The van der Waals surface area contributed by atoms with Crippen LogP contribution in [0.1, 0.15) is 60.6 Å². The molecule has 2 fully saturated rings. The van der Waals surface area contributed by atoms with Crippen LogP contribution in [0, 0.1) is 0 Å². The van der Waals surface area contributed by atoms with Crippen molar-refractivity contribution in [3.05, 3.63) is 59.3 Å². The molecule has 0 bridgehead atoms. The van der Waals surface area contributed by atoms with E-state index in [2.05, 4.69) is 20.5 Å². The summed E-state index contributed by atoms with van der Waals surface area (Å²) in [5.74, 6) is -0.763. The third kappa shape index (κ3) is 7.75. The number of nitrogens with one attached hydrogen (secondary N) is 2. The number of amides is 2. The van der Waals surface area contributed by atoms with Gasteiger partial charge in [-0.2, -0.15) is 13.2 Å². The van der Waals surface area contributed by atoms with E-state index in [1.54, 1.807) is 6.07 Å². The van der Waals surface area contributed by atoms with Crippen LogP contribution in [-0.4, -0.2) is 78.3 Å². The highest BCUT2D eigenvalue weighted by Crippen LogP contribution is 2.39. The zero-order valence-corrected chi connectivity index (χ0v) is 23.2. The fourth-order valence-corrected chi connectivity index (χ4v) is 5.52. The first-order valence-corrected chi connectivity index (χ1v) is 13.9. The van der Waals surface area contributed by atoms with Crippen molar-refractivity contribution >= 4 is 11.8 Å². The van der Waals surface area contributed by atoms with Crippen molar-refractivity contribution in [3.8, 4) is 5.88 Å². The van der Waals surface area contributed by atoms with Gasteiger partial charge in [0, 0.05) is 37.4 Å². The van der Waals surface area contributed by atoms with E-state index in [9.17, 15) is 27.9 Å². The monoisotopic (exact) mass is 578 g/mol. The van der Waals surface area contributed by atoms with Crippen molar-refractivity contribution in [1.82, 2.24) is 20.5 Å². The minimum atomic E-state index is -4.57. The highest BCUT2D eigenvalue weighted by atomic mass is 19.4. The van der Waals surface area contributed by atoms with Gasteiger partial charge >= 0.3 is 6.18 Å². The summed E-state index contributed by atoms with van der Waals surface area (Å²) >= 11 is 0. The van der Waals surface area contributed by atoms with E-state index in [0.717, 1.165) is 37.5 Å².